The predicted molar refractivity (Wildman–Crippen MR) is 137 cm³/mol. The number of anilines is 2. The van der Waals surface area contributed by atoms with E-state index in [2.05, 4.69) is 10.6 Å². The minimum absolute atomic E-state index is 0.0455. The highest BCUT2D eigenvalue weighted by molar-refractivity contribution is 7.93. The SMILES string of the molecule is Cc1cc(C)c(S(=O)(=O)N2c3ccccc3NC(=O)C2CC(=O)NCc2ccc(C)c(F)c2)c(C)c1. The van der Waals surface area contributed by atoms with E-state index in [1.807, 2.05) is 6.92 Å². The van der Waals surface area contributed by atoms with Crippen molar-refractivity contribution >= 4 is 33.2 Å². The van der Waals surface area contributed by atoms with Crippen LogP contribution in [-0.2, 0) is 26.2 Å². The van der Waals surface area contributed by atoms with E-state index in [1.165, 1.54) is 6.07 Å². The van der Waals surface area contributed by atoms with Gasteiger partial charge in [-0.2, -0.15) is 0 Å². The summed E-state index contributed by atoms with van der Waals surface area (Å²) in [7, 11) is -4.22. The van der Waals surface area contributed by atoms with Crippen molar-refractivity contribution < 1.29 is 22.4 Å². The molecule has 1 aliphatic heterocycles. The van der Waals surface area contributed by atoms with E-state index in [9.17, 15) is 22.4 Å². The number of carbonyl (C=O) groups is 2. The molecular formula is C27H28FN3O4S. The predicted octanol–water partition coefficient (Wildman–Crippen LogP) is 4.28. The van der Waals surface area contributed by atoms with Crippen molar-refractivity contribution in [3.05, 3.63) is 88.2 Å². The van der Waals surface area contributed by atoms with Crippen molar-refractivity contribution in [1.82, 2.24) is 5.32 Å². The molecule has 1 heterocycles. The van der Waals surface area contributed by atoms with Crippen LogP contribution in [0.5, 0.6) is 0 Å². The summed E-state index contributed by atoms with van der Waals surface area (Å²) in [6, 6.07) is 13.5. The van der Waals surface area contributed by atoms with Crippen molar-refractivity contribution in [2.24, 2.45) is 0 Å². The van der Waals surface area contributed by atoms with E-state index in [1.54, 1.807) is 69.3 Å². The smallest absolute Gasteiger partial charge is 0.265 e. The van der Waals surface area contributed by atoms with Crippen molar-refractivity contribution in [3.8, 4) is 0 Å². The van der Waals surface area contributed by atoms with Gasteiger partial charge in [0.1, 0.15) is 11.9 Å². The molecule has 1 unspecified atom stereocenters. The van der Waals surface area contributed by atoms with Crippen LogP contribution in [0, 0.1) is 33.5 Å². The number of sulfonamides is 1. The van der Waals surface area contributed by atoms with Crippen molar-refractivity contribution in [1.29, 1.82) is 0 Å². The van der Waals surface area contributed by atoms with Crippen LogP contribution >= 0.6 is 0 Å². The van der Waals surface area contributed by atoms with Gasteiger partial charge < -0.3 is 10.6 Å². The molecule has 9 heteroatoms. The quantitative estimate of drug-likeness (QED) is 0.519. The molecule has 0 bridgehead atoms. The second-order valence-corrected chi connectivity index (χ2v) is 10.9. The van der Waals surface area contributed by atoms with Gasteiger partial charge >= 0.3 is 0 Å². The number of hydrogen-bond donors (Lipinski definition) is 2. The van der Waals surface area contributed by atoms with Gasteiger partial charge in [-0.3, -0.25) is 13.9 Å². The van der Waals surface area contributed by atoms with Gasteiger partial charge in [0, 0.05) is 6.54 Å². The average Bonchev–Trinajstić information content (AvgIpc) is 2.79. The van der Waals surface area contributed by atoms with E-state index < -0.39 is 34.3 Å². The lowest BCUT2D eigenvalue weighted by Crippen LogP contribution is -2.53. The Morgan fingerprint density at radius 3 is 2.33 bits per heavy atom. The number of benzene rings is 3. The van der Waals surface area contributed by atoms with E-state index in [4.69, 9.17) is 0 Å². The van der Waals surface area contributed by atoms with Gasteiger partial charge in [-0.05, 0) is 68.1 Å². The van der Waals surface area contributed by atoms with Gasteiger partial charge in [-0.15, -0.1) is 0 Å². The first kappa shape index (κ1) is 25.4. The summed E-state index contributed by atoms with van der Waals surface area (Å²) in [6.45, 7) is 7.00. The number of aryl methyl sites for hydroxylation is 4. The van der Waals surface area contributed by atoms with Gasteiger partial charge in [0.25, 0.3) is 10.0 Å². The van der Waals surface area contributed by atoms with Crippen LogP contribution in [0.15, 0.2) is 59.5 Å². The van der Waals surface area contributed by atoms with Crippen LogP contribution in [0.1, 0.15) is 34.2 Å². The Morgan fingerprint density at radius 1 is 1.00 bits per heavy atom. The number of nitrogens with zero attached hydrogens (tertiary/aromatic N) is 1. The summed E-state index contributed by atoms with van der Waals surface area (Å²) in [4.78, 5) is 26.1. The fraction of sp³-hybridized carbons (Fsp3) is 0.259. The van der Waals surface area contributed by atoms with Gasteiger partial charge in [-0.1, -0.05) is 42.0 Å². The molecule has 0 fully saturated rings. The summed E-state index contributed by atoms with van der Waals surface area (Å²) in [6.07, 6.45) is -0.405. The molecule has 0 aliphatic carbocycles. The Labute approximate surface area is 210 Å². The highest BCUT2D eigenvalue weighted by Crippen LogP contribution is 2.38. The van der Waals surface area contributed by atoms with Crippen LogP contribution in [0.4, 0.5) is 15.8 Å². The fourth-order valence-electron chi connectivity index (χ4n) is 4.60. The summed E-state index contributed by atoms with van der Waals surface area (Å²) < 4.78 is 43.0. The molecular weight excluding hydrogens is 481 g/mol. The average molecular weight is 510 g/mol. The van der Waals surface area contributed by atoms with Crippen molar-refractivity contribution in [2.75, 3.05) is 9.62 Å². The number of para-hydroxylation sites is 2. The minimum Gasteiger partial charge on any atom is -0.352 e. The van der Waals surface area contributed by atoms with E-state index in [0.29, 0.717) is 27.9 Å². The molecule has 3 aromatic carbocycles. The van der Waals surface area contributed by atoms with Crippen LogP contribution in [0.25, 0.3) is 0 Å². The zero-order valence-corrected chi connectivity index (χ0v) is 21.4. The maximum atomic E-state index is 14.1. The first-order valence-corrected chi connectivity index (χ1v) is 13.0. The standard InChI is InChI=1S/C27H28FN3O4S/c1-16-11-18(3)26(19(4)12-16)36(34,35)31-23-8-6-5-7-22(23)30-27(33)24(31)14-25(32)29-15-20-10-9-17(2)21(28)13-20/h5-13,24H,14-15H2,1-4H3,(H,29,32)(H,30,33). The summed E-state index contributed by atoms with van der Waals surface area (Å²) >= 11 is 0. The molecule has 1 aliphatic rings. The highest BCUT2D eigenvalue weighted by atomic mass is 32.2. The molecule has 2 N–H and O–H groups in total. The number of rotatable bonds is 6. The third-order valence-electron chi connectivity index (χ3n) is 6.21. The zero-order valence-electron chi connectivity index (χ0n) is 20.6. The normalized spacial score (nSPS) is 15.3. The highest BCUT2D eigenvalue weighted by Gasteiger charge is 2.42. The Bertz CT molecular complexity index is 1450. The van der Waals surface area contributed by atoms with Crippen molar-refractivity contribution in [2.45, 2.75) is 51.6 Å². The molecule has 0 spiro atoms. The van der Waals surface area contributed by atoms with E-state index in [-0.39, 0.29) is 22.9 Å². The second kappa shape index (κ2) is 9.73. The third kappa shape index (κ3) is 4.83. The largest absolute Gasteiger partial charge is 0.352 e. The topological polar surface area (TPSA) is 95.6 Å². The zero-order chi connectivity index (χ0) is 26.2. The summed E-state index contributed by atoms with van der Waals surface area (Å²) in [5.74, 6) is -1.52. The molecule has 2 amide bonds. The number of hydrogen-bond acceptors (Lipinski definition) is 4. The number of amides is 2. The van der Waals surface area contributed by atoms with Gasteiger partial charge in [0.2, 0.25) is 11.8 Å². The maximum Gasteiger partial charge on any atom is 0.265 e. The molecule has 4 rings (SSSR count). The molecule has 0 aromatic heterocycles. The van der Waals surface area contributed by atoms with Crippen LogP contribution in [0.2, 0.25) is 0 Å². The molecule has 7 nitrogen and oxygen atoms in total. The maximum absolute atomic E-state index is 14.1. The lowest BCUT2D eigenvalue weighted by Gasteiger charge is -2.37. The number of carbonyl (C=O) groups excluding carboxylic acids is 2. The van der Waals surface area contributed by atoms with Crippen molar-refractivity contribution in [3.63, 3.8) is 0 Å². The first-order chi connectivity index (χ1) is 17.0. The Morgan fingerprint density at radius 2 is 1.67 bits per heavy atom. The number of nitrogens with one attached hydrogen (secondary N) is 2. The summed E-state index contributed by atoms with van der Waals surface area (Å²) in [5, 5.41) is 5.39. The Balaban J connectivity index is 1.69. The van der Waals surface area contributed by atoms with Crippen LogP contribution < -0.4 is 14.9 Å². The minimum atomic E-state index is -4.22. The van der Waals surface area contributed by atoms with Gasteiger partial charge in [0.05, 0.1) is 22.7 Å². The van der Waals surface area contributed by atoms with Crippen LogP contribution in [-0.4, -0.2) is 26.3 Å². The fourth-order valence-corrected chi connectivity index (χ4v) is 6.65. The van der Waals surface area contributed by atoms with Crippen LogP contribution in [0.3, 0.4) is 0 Å². The molecule has 0 saturated heterocycles. The first-order valence-electron chi connectivity index (χ1n) is 11.5. The van der Waals surface area contributed by atoms with Gasteiger partial charge in [-0.25, -0.2) is 12.8 Å². The molecule has 188 valence electrons. The Hall–Kier alpha value is -3.72. The number of halogens is 1. The molecule has 1 atom stereocenters. The lowest BCUT2D eigenvalue weighted by molar-refractivity contribution is -0.125. The molecule has 3 aromatic rings. The van der Waals surface area contributed by atoms with Gasteiger partial charge in [0.15, 0.2) is 0 Å². The monoisotopic (exact) mass is 509 g/mol. The lowest BCUT2D eigenvalue weighted by atomic mass is 10.1. The summed E-state index contributed by atoms with van der Waals surface area (Å²) in [5.41, 5.74) is 3.71. The molecule has 0 radical (unpaired) electrons. The third-order valence-corrected chi connectivity index (χ3v) is 8.34. The molecule has 36 heavy (non-hydrogen) atoms. The number of fused-ring (bicyclic) bond motifs is 1. The van der Waals surface area contributed by atoms with E-state index in [0.717, 1.165) is 9.87 Å². The van der Waals surface area contributed by atoms with E-state index >= 15 is 0 Å². The Kier molecular flexibility index (Phi) is 6.86. The second-order valence-electron chi connectivity index (χ2n) is 9.12. The molecule has 0 saturated carbocycles.